The molecule has 0 unspecified atom stereocenters. The van der Waals surface area contributed by atoms with Crippen LogP contribution in [0.2, 0.25) is 0 Å². The molecule has 0 saturated heterocycles. The van der Waals surface area contributed by atoms with E-state index in [0.717, 1.165) is 32.1 Å². The average Bonchev–Trinajstić information content (AvgIpc) is 2.92. The van der Waals surface area contributed by atoms with Crippen molar-refractivity contribution in [2.75, 3.05) is 6.61 Å². The van der Waals surface area contributed by atoms with Crippen LogP contribution in [0.15, 0.2) is 115 Å². The van der Waals surface area contributed by atoms with Gasteiger partial charge in [0.15, 0.2) is 0 Å². The largest absolute Gasteiger partial charge is 1.00 e. The summed E-state index contributed by atoms with van der Waals surface area (Å²) < 4.78 is 5.78. The van der Waals surface area contributed by atoms with Gasteiger partial charge in [-0.3, -0.25) is 0 Å². The number of hydrogen-bond acceptors (Lipinski definition) is 3. The van der Waals surface area contributed by atoms with Crippen LogP contribution >= 0.6 is 0 Å². The fourth-order valence-electron chi connectivity index (χ4n) is 4.82. The SMILES string of the molecule is O=C([O-])c1ccc(OCCCCCCC(c2ccccc2)(c2ccccc2)c2ccccc2)cc1.[Na+]. The number of benzene rings is 4. The van der Waals surface area contributed by atoms with E-state index in [2.05, 4.69) is 91.0 Å². The summed E-state index contributed by atoms with van der Waals surface area (Å²) in [6.45, 7) is 0.617. The van der Waals surface area contributed by atoms with Crippen molar-refractivity contribution in [3.8, 4) is 5.75 Å². The number of unbranched alkanes of at least 4 members (excludes halogenated alkanes) is 3. The van der Waals surface area contributed by atoms with Gasteiger partial charge in [0.25, 0.3) is 0 Å². The molecule has 0 bridgehead atoms. The van der Waals surface area contributed by atoms with E-state index in [1.54, 1.807) is 12.1 Å². The van der Waals surface area contributed by atoms with Crippen molar-refractivity contribution in [3.63, 3.8) is 0 Å². The molecule has 0 spiro atoms. The standard InChI is InChI=1S/C32H32O3.Na/c33-31(34)26-20-22-30(23-21-26)35-25-13-2-1-12-24-32(27-14-6-3-7-15-27,28-16-8-4-9-17-28)29-18-10-5-11-19-29;/h3-11,14-23H,1-2,12-13,24-25H2,(H,33,34);/q;+1/p-1. The van der Waals surface area contributed by atoms with Gasteiger partial charge in [-0.1, -0.05) is 110 Å². The van der Waals surface area contributed by atoms with Crippen molar-refractivity contribution >= 4 is 5.97 Å². The van der Waals surface area contributed by atoms with Crippen LogP contribution in [0.5, 0.6) is 5.75 Å². The van der Waals surface area contributed by atoms with Crippen molar-refractivity contribution in [2.24, 2.45) is 0 Å². The molecule has 0 aliphatic heterocycles. The van der Waals surface area contributed by atoms with E-state index in [-0.39, 0.29) is 40.5 Å². The number of ether oxygens (including phenoxy) is 1. The minimum atomic E-state index is -1.17. The van der Waals surface area contributed by atoms with Gasteiger partial charge in [-0.15, -0.1) is 0 Å². The second-order valence-corrected chi connectivity index (χ2v) is 8.83. The number of aromatic carboxylic acids is 1. The number of hydrogen-bond donors (Lipinski definition) is 0. The third-order valence-corrected chi connectivity index (χ3v) is 6.60. The van der Waals surface area contributed by atoms with Gasteiger partial charge < -0.3 is 14.6 Å². The summed E-state index contributed by atoms with van der Waals surface area (Å²) in [5.41, 5.74) is 3.93. The Kier molecular flexibility index (Phi) is 10.8. The molecule has 0 atom stereocenters. The maximum Gasteiger partial charge on any atom is 1.00 e. The van der Waals surface area contributed by atoms with Crippen molar-refractivity contribution in [1.82, 2.24) is 0 Å². The number of rotatable bonds is 12. The molecular weight excluding hydrogens is 455 g/mol. The van der Waals surface area contributed by atoms with Crippen LogP contribution in [-0.4, -0.2) is 12.6 Å². The first-order valence-corrected chi connectivity index (χ1v) is 12.3. The molecule has 0 N–H and O–H groups in total. The van der Waals surface area contributed by atoms with Crippen LogP contribution in [-0.2, 0) is 5.41 Å². The summed E-state index contributed by atoms with van der Waals surface area (Å²) in [7, 11) is 0. The zero-order valence-electron chi connectivity index (χ0n) is 20.9. The molecule has 0 fully saturated rings. The monoisotopic (exact) mass is 486 g/mol. The van der Waals surface area contributed by atoms with Crippen LogP contribution in [0, 0.1) is 0 Å². The van der Waals surface area contributed by atoms with E-state index >= 15 is 0 Å². The molecule has 4 aromatic rings. The summed E-state index contributed by atoms with van der Waals surface area (Å²) >= 11 is 0. The van der Waals surface area contributed by atoms with E-state index in [1.807, 2.05) is 0 Å². The first-order valence-electron chi connectivity index (χ1n) is 12.3. The van der Waals surface area contributed by atoms with Crippen molar-refractivity contribution < 1.29 is 44.2 Å². The molecule has 0 heterocycles. The van der Waals surface area contributed by atoms with E-state index in [9.17, 15) is 9.90 Å². The van der Waals surface area contributed by atoms with Gasteiger partial charge in [-0.05, 0) is 59.4 Å². The third kappa shape index (κ3) is 6.88. The first-order chi connectivity index (χ1) is 17.2. The zero-order chi connectivity index (χ0) is 24.3. The quantitative estimate of drug-likeness (QED) is 0.175. The molecule has 0 radical (unpaired) electrons. The van der Waals surface area contributed by atoms with Gasteiger partial charge in [0.1, 0.15) is 5.75 Å². The Balaban J connectivity index is 0.00000361. The Morgan fingerprint density at radius 1 is 0.611 bits per heavy atom. The minimum absolute atomic E-state index is 0. The topological polar surface area (TPSA) is 49.4 Å². The van der Waals surface area contributed by atoms with Crippen LogP contribution < -0.4 is 39.4 Å². The normalized spacial score (nSPS) is 10.9. The smallest absolute Gasteiger partial charge is 0.545 e. The Morgan fingerprint density at radius 2 is 1.06 bits per heavy atom. The van der Waals surface area contributed by atoms with Gasteiger partial charge in [0, 0.05) is 5.41 Å². The van der Waals surface area contributed by atoms with Crippen LogP contribution in [0.25, 0.3) is 0 Å². The molecular formula is C32H31NaO3. The van der Waals surface area contributed by atoms with Gasteiger partial charge in [0.2, 0.25) is 0 Å². The molecule has 4 heteroatoms. The Morgan fingerprint density at radius 3 is 1.50 bits per heavy atom. The Bertz CT molecular complexity index is 1080. The fraction of sp³-hybridized carbons (Fsp3) is 0.219. The second kappa shape index (κ2) is 14.0. The average molecular weight is 487 g/mol. The van der Waals surface area contributed by atoms with E-state index < -0.39 is 5.97 Å². The predicted molar refractivity (Wildman–Crippen MR) is 139 cm³/mol. The summed E-state index contributed by atoms with van der Waals surface area (Å²) in [4.78, 5) is 10.9. The predicted octanol–water partition coefficient (Wildman–Crippen LogP) is 3.42. The van der Waals surface area contributed by atoms with Gasteiger partial charge in [-0.2, -0.15) is 0 Å². The van der Waals surface area contributed by atoms with Crippen LogP contribution in [0.1, 0.15) is 59.2 Å². The number of carbonyl (C=O) groups is 1. The van der Waals surface area contributed by atoms with Crippen molar-refractivity contribution in [2.45, 2.75) is 37.5 Å². The van der Waals surface area contributed by atoms with E-state index in [1.165, 1.54) is 28.8 Å². The van der Waals surface area contributed by atoms with Crippen molar-refractivity contribution in [1.29, 1.82) is 0 Å². The van der Waals surface area contributed by atoms with Gasteiger partial charge >= 0.3 is 29.6 Å². The van der Waals surface area contributed by atoms with Gasteiger partial charge in [-0.25, -0.2) is 0 Å². The molecule has 178 valence electrons. The molecule has 36 heavy (non-hydrogen) atoms. The summed E-state index contributed by atoms with van der Waals surface area (Å²) in [6.07, 6.45) is 5.26. The molecule has 0 saturated carbocycles. The fourth-order valence-corrected chi connectivity index (χ4v) is 4.82. The molecule has 4 rings (SSSR count). The molecule has 3 nitrogen and oxygen atoms in total. The minimum Gasteiger partial charge on any atom is -0.545 e. The van der Waals surface area contributed by atoms with Crippen molar-refractivity contribution in [3.05, 3.63) is 138 Å². The zero-order valence-corrected chi connectivity index (χ0v) is 22.9. The molecule has 4 aromatic carbocycles. The number of carbonyl (C=O) groups excluding carboxylic acids is 1. The first kappa shape index (κ1) is 27.7. The third-order valence-electron chi connectivity index (χ3n) is 6.60. The van der Waals surface area contributed by atoms with Crippen LogP contribution in [0.4, 0.5) is 0 Å². The maximum absolute atomic E-state index is 10.9. The maximum atomic E-state index is 10.9. The Labute approximate surface area is 236 Å². The van der Waals surface area contributed by atoms with Crippen LogP contribution in [0.3, 0.4) is 0 Å². The van der Waals surface area contributed by atoms with E-state index in [4.69, 9.17) is 4.74 Å². The number of carboxylic acid groups (broad SMARTS) is 1. The molecule has 0 aromatic heterocycles. The summed E-state index contributed by atoms with van der Waals surface area (Å²) in [5, 5.41) is 10.9. The summed E-state index contributed by atoms with van der Waals surface area (Å²) in [5.74, 6) is -0.486. The summed E-state index contributed by atoms with van der Waals surface area (Å²) in [6, 6.07) is 38.9. The molecule has 0 aliphatic rings. The molecule has 0 amide bonds. The number of carboxylic acids is 1. The van der Waals surface area contributed by atoms with Gasteiger partial charge in [0.05, 0.1) is 12.6 Å². The molecule has 0 aliphatic carbocycles. The van der Waals surface area contributed by atoms with E-state index in [0.29, 0.717) is 12.4 Å². The second-order valence-electron chi connectivity index (χ2n) is 8.83. The Hall–Kier alpha value is -2.85.